The van der Waals surface area contributed by atoms with Crippen molar-refractivity contribution >= 4 is 5.69 Å². The van der Waals surface area contributed by atoms with E-state index in [4.69, 9.17) is 0 Å². The number of aromatic nitrogens is 2. The molecule has 1 saturated heterocycles. The molecular formula is C13H24N4. The Morgan fingerprint density at radius 1 is 1.24 bits per heavy atom. The van der Waals surface area contributed by atoms with E-state index in [9.17, 15) is 0 Å². The first-order valence-electron chi connectivity index (χ1n) is 6.52. The summed E-state index contributed by atoms with van der Waals surface area (Å²) in [6.45, 7) is 11.2. The Morgan fingerprint density at radius 3 is 2.29 bits per heavy atom. The average Bonchev–Trinajstić information content (AvgIpc) is 2.54. The third-order valence-electron chi connectivity index (χ3n) is 3.38. The minimum atomic E-state index is 0.683. The van der Waals surface area contributed by atoms with Crippen LogP contribution >= 0.6 is 0 Å². The zero-order valence-electron chi connectivity index (χ0n) is 11.4. The van der Waals surface area contributed by atoms with E-state index in [0.29, 0.717) is 11.8 Å². The van der Waals surface area contributed by atoms with Gasteiger partial charge in [-0.05, 0) is 31.8 Å². The van der Waals surface area contributed by atoms with Crippen LogP contribution in [0.2, 0.25) is 0 Å². The fourth-order valence-corrected chi connectivity index (χ4v) is 2.63. The maximum Gasteiger partial charge on any atom is 0.0827 e. The van der Waals surface area contributed by atoms with Crippen molar-refractivity contribution in [2.75, 3.05) is 31.1 Å². The van der Waals surface area contributed by atoms with Crippen LogP contribution in [0.4, 0.5) is 5.69 Å². The second-order valence-corrected chi connectivity index (χ2v) is 5.55. The van der Waals surface area contributed by atoms with E-state index >= 15 is 0 Å². The van der Waals surface area contributed by atoms with Gasteiger partial charge in [0, 0.05) is 26.3 Å². The lowest BCUT2D eigenvalue weighted by Gasteiger charge is -2.33. The Labute approximate surface area is 104 Å². The third-order valence-corrected chi connectivity index (χ3v) is 3.38. The molecule has 1 N–H and O–H groups in total. The molecule has 1 fully saturated rings. The molecule has 2 heterocycles. The van der Waals surface area contributed by atoms with E-state index in [1.165, 1.54) is 5.69 Å². The Kier molecular flexibility index (Phi) is 3.72. The van der Waals surface area contributed by atoms with Gasteiger partial charge < -0.3 is 10.2 Å². The van der Waals surface area contributed by atoms with Crippen molar-refractivity contribution in [2.24, 2.45) is 18.9 Å². The van der Waals surface area contributed by atoms with Crippen LogP contribution in [0.15, 0.2) is 6.20 Å². The molecular weight excluding hydrogens is 212 g/mol. The fraction of sp³-hybridized carbons (Fsp3) is 0.769. The number of nitrogens with zero attached hydrogens (tertiary/aromatic N) is 3. The highest BCUT2D eigenvalue weighted by molar-refractivity contribution is 5.49. The monoisotopic (exact) mass is 236 g/mol. The predicted molar refractivity (Wildman–Crippen MR) is 71.4 cm³/mol. The fourth-order valence-electron chi connectivity index (χ4n) is 2.63. The maximum absolute atomic E-state index is 4.45. The first kappa shape index (κ1) is 12.4. The molecule has 0 amide bonds. The summed E-state index contributed by atoms with van der Waals surface area (Å²) in [6, 6.07) is 0. The number of aryl methyl sites for hydroxylation is 2. The smallest absolute Gasteiger partial charge is 0.0827 e. The van der Waals surface area contributed by atoms with Crippen molar-refractivity contribution in [3.8, 4) is 0 Å². The van der Waals surface area contributed by atoms with E-state index in [2.05, 4.69) is 42.3 Å². The van der Waals surface area contributed by atoms with Gasteiger partial charge in [0.1, 0.15) is 0 Å². The molecule has 2 atom stereocenters. The van der Waals surface area contributed by atoms with Crippen molar-refractivity contribution in [2.45, 2.75) is 20.8 Å². The number of nitrogens with one attached hydrogen (secondary N) is 1. The zero-order valence-corrected chi connectivity index (χ0v) is 11.4. The Balaban J connectivity index is 2.18. The van der Waals surface area contributed by atoms with Gasteiger partial charge in [-0.3, -0.25) is 4.68 Å². The quantitative estimate of drug-likeness (QED) is 0.800. The Morgan fingerprint density at radius 2 is 1.82 bits per heavy atom. The van der Waals surface area contributed by atoms with E-state index in [1.54, 1.807) is 0 Å². The van der Waals surface area contributed by atoms with Crippen molar-refractivity contribution in [1.29, 1.82) is 0 Å². The first-order valence-corrected chi connectivity index (χ1v) is 6.52. The molecule has 4 nitrogen and oxygen atoms in total. The van der Waals surface area contributed by atoms with E-state index in [1.807, 2.05) is 11.7 Å². The molecule has 0 saturated carbocycles. The summed E-state index contributed by atoms with van der Waals surface area (Å²) in [6.07, 6.45) is 2.14. The minimum Gasteiger partial charge on any atom is -0.368 e. The van der Waals surface area contributed by atoms with Gasteiger partial charge in [0.05, 0.1) is 11.4 Å². The van der Waals surface area contributed by atoms with Crippen LogP contribution in [0, 0.1) is 18.8 Å². The zero-order chi connectivity index (χ0) is 12.4. The van der Waals surface area contributed by atoms with Gasteiger partial charge in [-0.25, -0.2) is 0 Å². The normalized spacial score (nSPS) is 26.7. The highest BCUT2D eigenvalue weighted by Gasteiger charge is 2.20. The maximum atomic E-state index is 4.45. The number of anilines is 1. The van der Waals surface area contributed by atoms with Gasteiger partial charge >= 0.3 is 0 Å². The van der Waals surface area contributed by atoms with Crippen LogP contribution in [0.3, 0.4) is 0 Å². The first-order chi connectivity index (χ1) is 8.06. The lowest BCUT2D eigenvalue weighted by molar-refractivity contribution is 0.410. The molecule has 2 unspecified atom stereocenters. The molecule has 0 spiro atoms. The summed E-state index contributed by atoms with van der Waals surface area (Å²) in [4.78, 5) is 2.50. The third kappa shape index (κ3) is 3.00. The molecule has 0 aliphatic carbocycles. The van der Waals surface area contributed by atoms with Gasteiger partial charge in [0.15, 0.2) is 0 Å². The summed E-state index contributed by atoms with van der Waals surface area (Å²) in [5.74, 6) is 1.37. The van der Waals surface area contributed by atoms with Crippen LogP contribution in [0.1, 0.15) is 19.5 Å². The summed E-state index contributed by atoms with van der Waals surface area (Å²) in [5.41, 5.74) is 2.44. The number of rotatable bonds is 1. The Bertz CT molecular complexity index is 359. The van der Waals surface area contributed by atoms with Crippen LogP contribution in [-0.2, 0) is 7.05 Å². The van der Waals surface area contributed by atoms with Gasteiger partial charge in [-0.1, -0.05) is 13.8 Å². The molecule has 1 aliphatic rings. The van der Waals surface area contributed by atoms with Crippen LogP contribution in [0.5, 0.6) is 0 Å². The standard InChI is InChI=1S/C13H24N4/c1-10-5-14-6-11(2)8-17(7-10)13-9-16(4)15-12(13)3/h9-11,14H,5-8H2,1-4H3. The molecule has 1 aromatic rings. The lowest BCUT2D eigenvalue weighted by Crippen LogP contribution is -2.42. The summed E-state index contributed by atoms with van der Waals surface area (Å²) >= 11 is 0. The molecule has 0 bridgehead atoms. The van der Waals surface area contributed by atoms with Crippen LogP contribution in [0.25, 0.3) is 0 Å². The summed E-state index contributed by atoms with van der Waals surface area (Å²) in [7, 11) is 1.99. The molecule has 1 aromatic heterocycles. The summed E-state index contributed by atoms with van der Waals surface area (Å²) < 4.78 is 1.91. The van der Waals surface area contributed by atoms with Crippen LogP contribution in [-0.4, -0.2) is 36.0 Å². The average molecular weight is 236 g/mol. The van der Waals surface area contributed by atoms with Crippen LogP contribution < -0.4 is 10.2 Å². The molecule has 2 rings (SSSR count). The van der Waals surface area contributed by atoms with Gasteiger partial charge in [-0.15, -0.1) is 0 Å². The second-order valence-electron chi connectivity index (χ2n) is 5.55. The van der Waals surface area contributed by atoms with E-state index < -0.39 is 0 Å². The topological polar surface area (TPSA) is 33.1 Å². The molecule has 96 valence electrons. The largest absolute Gasteiger partial charge is 0.368 e. The molecule has 1 aliphatic heterocycles. The lowest BCUT2D eigenvalue weighted by atomic mass is 10.0. The highest BCUT2D eigenvalue weighted by Crippen LogP contribution is 2.21. The number of hydrogen-bond donors (Lipinski definition) is 1. The summed E-state index contributed by atoms with van der Waals surface area (Å²) in [5, 5.41) is 7.98. The van der Waals surface area contributed by atoms with E-state index in [-0.39, 0.29) is 0 Å². The Hall–Kier alpha value is -1.03. The van der Waals surface area contributed by atoms with E-state index in [0.717, 1.165) is 31.9 Å². The second kappa shape index (κ2) is 5.08. The van der Waals surface area contributed by atoms with Crippen molar-refractivity contribution in [3.63, 3.8) is 0 Å². The van der Waals surface area contributed by atoms with Crippen molar-refractivity contribution in [1.82, 2.24) is 15.1 Å². The molecule has 0 radical (unpaired) electrons. The van der Waals surface area contributed by atoms with Gasteiger partial charge in [-0.2, -0.15) is 5.10 Å². The predicted octanol–water partition coefficient (Wildman–Crippen LogP) is 1.41. The van der Waals surface area contributed by atoms with Crippen molar-refractivity contribution < 1.29 is 0 Å². The molecule has 0 aromatic carbocycles. The number of hydrogen-bond acceptors (Lipinski definition) is 3. The molecule has 17 heavy (non-hydrogen) atoms. The van der Waals surface area contributed by atoms with Crippen molar-refractivity contribution in [3.05, 3.63) is 11.9 Å². The van der Waals surface area contributed by atoms with Gasteiger partial charge in [0.2, 0.25) is 0 Å². The highest BCUT2D eigenvalue weighted by atomic mass is 15.3. The SMILES string of the molecule is Cc1nn(C)cc1N1CC(C)CNCC(C)C1. The minimum absolute atomic E-state index is 0.683. The molecule has 4 heteroatoms. The van der Waals surface area contributed by atoms with Gasteiger partial charge in [0.25, 0.3) is 0 Å².